The van der Waals surface area contributed by atoms with E-state index < -0.39 is 0 Å². The van der Waals surface area contributed by atoms with Gasteiger partial charge in [0.15, 0.2) is 5.96 Å². The van der Waals surface area contributed by atoms with Gasteiger partial charge in [-0.3, -0.25) is 14.5 Å². The Morgan fingerprint density at radius 1 is 1.02 bits per heavy atom. The number of nitrogens with two attached hydrogens (primary N) is 2. The van der Waals surface area contributed by atoms with Crippen molar-refractivity contribution in [3.63, 3.8) is 0 Å². The van der Waals surface area contributed by atoms with Gasteiger partial charge in [-0.1, -0.05) is 36.4 Å². The van der Waals surface area contributed by atoms with Gasteiger partial charge >= 0.3 is 0 Å². The van der Waals surface area contributed by atoms with Gasteiger partial charge in [-0.05, 0) is 85.2 Å². The maximum Gasteiger partial charge on any atom is 0.227 e. The molecule has 0 fully saturated rings. The molecule has 0 saturated carbocycles. The Bertz CT molecular complexity index is 1590. The van der Waals surface area contributed by atoms with Crippen molar-refractivity contribution in [1.29, 1.82) is 0 Å². The Kier molecular flexibility index (Phi) is 9.61. The maximum atomic E-state index is 13.3. The van der Waals surface area contributed by atoms with Gasteiger partial charge in [0.25, 0.3) is 0 Å². The number of ether oxygens (including phenoxy) is 2. The second-order valence-electron chi connectivity index (χ2n) is 10.8. The van der Waals surface area contributed by atoms with Crippen molar-refractivity contribution in [2.45, 2.75) is 46.1 Å². The van der Waals surface area contributed by atoms with Crippen molar-refractivity contribution in [2.24, 2.45) is 16.5 Å². The predicted molar refractivity (Wildman–Crippen MR) is 171 cm³/mol. The molecule has 43 heavy (non-hydrogen) atoms. The summed E-state index contributed by atoms with van der Waals surface area (Å²) in [6.45, 7) is 6.80. The molecule has 0 unspecified atom stereocenters. The van der Waals surface area contributed by atoms with E-state index in [1.165, 1.54) is 11.1 Å². The van der Waals surface area contributed by atoms with Crippen LogP contribution in [-0.2, 0) is 17.8 Å². The molecule has 9 heteroatoms. The van der Waals surface area contributed by atoms with Crippen LogP contribution in [0.2, 0.25) is 0 Å². The topological polar surface area (TPSA) is 121 Å². The van der Waals surface area contributed by atoms with Crippen LogP contribution in [0, 0.1) is 13.8 Å². The molecule has 0 spiro atoms. The molecule has 4 N–H and O–H groups in total. The summed E-state index contributed by atoms with van der Waals surface area (Å²) in [5.41, 5.74) is 18.5. The molecular formula is C34H40N6O3. The quantitative estimate of drug-likeness (QED) is 0.138. The van der Waals surface area contributed by atoms with Crippen LogP contribution < -0.4 is 25.8 Å². The van der Waals surface area contributed by atoms with Gasteiger partial charge in [0.1, 0.15) is 18.1 Å². The highest BCUT2D eigenvalue weighted by atomic mass is 16.5. The number of carbonyl (C=O) groups excluding carboxylic acids is 1. The van der Waals surface area contributed by atoms with Gasteiger partial charge in [-0.15, -0.1) is 0 Å². The number of aliphatic imine (C=N–C) groups is 1. The van der Waals surface area contributed by atoms with Crippen molar-refractivity contribution in [1.82, 2.24) is 9.78 Å². The number of hydrogen-bond donors (Lipinski definition) is 2. The zero-order chi connectivity index (χ0) is 30.2. The van der Waals surface area contributed by atoms with E-state index in [1.54, 1.807) is 0 Å². The standard InChI is InChI=1S/C34H40N6O3/c1-24-8-3-14-32(25(24)2)43-18-7-15-33(41)40-17-6-12-30-29(11-5-13-31(30)40)27-21-38-39(23-27)22-26-9-4-10-28(20-26)42-19-16-37-34(35)36/h3-5,8-11,13-14,20-21,23H,6-7,12,15-19,22H2,1-2H3,(H4,35,36,37). The monoisotopic (exact) mass is 580 g/mol. The number of benzene rings is 3. The molecule has 2 heterocycles. The second-order valence-corrected chi connectivity index (χ2v) is 10.8. The van der Waals surface area contributed by atoms with Crippen molar-refractivity contribution in [2.75, 3.05) is 31.2 Å². The molecule has 5 rings (SSSR count). The minimum absolute atomic E-state index is 0.0561. The Morgan fingerprint density at radius 3 is 2.72 bits per heavy atom. The highest BCUT2D eigenvalue weighted by Gasteiger charge is 2.24. The third-order valence-electron chi connectivity index (χ3n) is 7.74. The lowest BCUT2D eigenvalue weighted by molar-refractivity contribution is -0.118. The fourth-order valence-corrected chi connectivity index (χ4v) is 5.42. The maximum absolute atomic E-state index is 13.3. The molecular weight excluding hydrogens is 540 g/mol. The first-order valence-electron chi connectivity index (χ1n) is 14.8. The fraction of sp³-hybridized carbons (Fsp3) is 0.324. The zero-order valence-electron chi connectivity index (χ0n) is 25.0. The van der Waals surface area contributed by atoms with E-state index in [2.05, 4.69) is 48.3 Å². The first-order valence-corrected chi connectivity index (χ1v) is 14.8. The first kappa shape index (κ1) is 29.7. The molecule has 0 saturated heterocycles. The lowest BCUT2D eigenvalue weighted by Crippen LogP contribution is -2.35. The number of amides is 1. The number of aryl methyl sites for hydroxylation is 1. The molecule has 0 radical (unpaired) electrons. The number of anilines is 1. The SMILES string of the molecule is Cc1cccc(OCCCC(=O)N2CCCc3c(-c4cnn(Cc5cccc(OCCN=C(N)N)c5)c4)cccc32)c1C. The van der Waals surface area contributed by atoms with E-state index in [9.17, 15) is 4.79 Å². The van der Waals surface area contributed by atoms with Gasteiger partial charge in [-0.2, -0.15) is 5.10 Å². The average molecular weight is 581 g/mol. The summed E-state index contributed by atoms with van der Waals surface area (Å²) in [4.78, 5) is 19.2. The van der Waals surface area contributed by atoms with Crippen LogP contribution >= 0.6 is 0 Å². The molecule has 3 aromatic carbocycles. The highest BCUT2D eigenvalue weighted by molar-refractivity contribution is 5.96. The zero-order valence-corrected chi connectivity index (χ0v) is 25.0. The van der Waals surface area contributed by atoms with Crippen LogP contribution in [0.1, 0.15) is 41.5 Å². The number of rotatable bonds is 12. The summed E-state index contributed by atoms with van der Waals surface area (Å²) in [6.07, 6.45) is 6.94. The highest BCUT2D eigenvalue weighted by Crippen LogP contribution is 2.36. The second kappa shape index (κ2) is 13.9. The minimum Gasteiger partial charge on any atom is -0.493 e. The smallest absolute Gasteiger partial charge is 0.227 e. The third-order valence-corrected chi connectivity index (χ3v) is 7.74. The Hall–Kier alpha value is -4.79. The van der Waals surface area contributed by atoms with Crippen LogP contribution in [0.15, 0.2) is 78.0 Å². The molecule has 0 atom stereocenters. The van der Waals surface area contributed by atoms with E-state index >= 15 is 0 Å². The summed E-state index contributed by atoms with van der Waals surface area (Å²) in [6, 6.07) is 20.2. The van der Waals surface area contributed by atoms with E-state index in [0.717, 1.165) is 58.8 Å². The molecule has 0 aliphatic carbocycles. The molecule has 4 aromatic rings. The molecule has 1 aliphatic heterocycles. The van der Waals surface area contributed by atoms with E-state index in [0.29, 0.717) is 39.1 Å². The van der Waals surface area contributed by atoms with Gasteiger partial charge in [0, 0.05) is 30.4 Å². The van der Waals surface area contributed by atoms with Crippen molar-refractivity contribution >= 4 is 17.6 Å². The number of guanidine groups is 1. The Morgan fingerprint density at radius 2 is 1.86 bits per heavy atom. The molecule has 1 amide bonds. The first-order chi connectivity index (χ1) is 20.9. The van der Waals surface area contributed by atoms with E-state index in [1.807, 2.05) is 58.2 Å². The predicted octanol–water partition coefficient (Wildman–Crippen LogP) is 5.01. The average Bonchev–Trinajstić information content (AvgIpc) is 3.47. The van der Waals surface area contributed by atoms with Crippen molar-refractivity contribution < 1.29 is 14.3 Å². The molecule has 1 aliphatic rings. The number of aromatic nitrogens is 2. The van der Waals surface area contributed by atoms with Gasteiger partial charge < -0.3 is 25.8 Å². The minimum atomic E-state index is 0.0561. The Balaban J connectivity index is 1.21. The lowest BCUT2D eigenvalue weighted by atomic mass is 9.93. The van der Waals surface area contributed by atoms with Crippen molar-refractivity contribution in [3.05, 3.63) is 95.3 Å². The third kappa shape index (κ3) is 7.54. The number of carbonyl (C=O) groups is 1. The summed E-state index contributed by atoms with van der Waals surface area (Å²) < 4.78 is 13.7. The van der Waals surface area contributed by atoms with Gasteiger partial charge in [-0.25, -0.2) is 0 Å². The summed E-state index contributed by atoms with van der Waals surface area (Å²) in [7, 11) is 0. The summed E-state index contributed by atoms with van der Waals surface area (Å²) in [5.74, 6) is 1.84. The summed E-state index contributed by atoms with van der Waals surface area (Å²) >= 11 is 0. The number of nitrogens with zero attached hydrogens (tertiary/aromatic N) is 4. The van der Waals surface area contributed by atoms with E-state index in [-0.39, 0.29) is 11.9 Å². The lowest BCUT2D eigenvalue weighted by Gasteiger charge is -2.31. The summed E-state index contributed by atoms with van der Waals surface area (Å²) in [5, 5.41) is 4.64. The molecule has 9 nitrogen and oxygen atoms in total. The van der Waals surface area contributed by atoms with Crippen LogP contribution in [0.5, 0.6) is 11.5 Å². The Labute approximate surface area is 253 Å². The molecule has 224 valence electrons. The van der Waals surface area contributed by atoms with Crippen molar-refractivity contribution in [3.8, 4) is 22.6 Å². The van der Waals surface area contributed by atoms with E-state index in [4.69, 9.17) is 20.9 Å². The van der Waals surface area contributed by atoms with Gasteiger partial charge in [0.05, 0.1) is 25.9 Å². The largest absolute Gasteiger partial charge is 0.493 e. The number of fused-ring (bicyclic) bond motifs is 1. The van der Waals surface area contributed by atoms with Crippen LogP contribution in [0.3, 0.4) is 0 Å². The van der Waals surface area contributed by atoms with Gasteiger partial charge in [0.2, 0.25) is 5.91 Å². The fourth-order valence-electron chi connectivity index (χ4n) is 5.42. The van der Waals surface area contributed by atoms with Crippen LogP contribution in [0.4, 0.5) is 5.69 Å². The van der Waals surface area contributed by atoms with Crippen LogP contribution in [-0.4, -0.2) is 48.0 Å². The number of hydrogen-bond acceptors (Lipinski definition) is 5. The molecule has 1 aromatic heterocycles. The van der Waals surface area contributed by atoms with Crippen LogP contribution in [0.25, 0.3) is 11.1 Å². The molecule has 0 bridgehead atoms. The normalized spacial score (nSPS) is 12.5.